The van der Waals surface area contributed by atoms with Crippen molar-refractivity contribution in [3.05, 3.63) is 53.6 Å². The maximum atomic E-state index is 12.1. The quantitative estimate of drug-likeness (QED) is 0.933. The van der Waals surface area contributed by atoms with Crippen molar-refractivity contribution in [2.24, 2.45) is 7.05 Å². The second-order valence-corrected chi connectivity index (χ2v) is 6.05. The van der Waals surface area contributed by atoms with Gasteiger partial charge in [-0.15, -0.1) is 0 Å². The fraction of sp³-hybridized carbons (Fsp3) is 0.412. The molecule has 0 saturated carbocycles. The van der Waals surface area contributed by atoms with Crippen LogP contribution in [0.2, 0.25) is 0 Å². The van der Waals surface area contributed by atoms with Crippen LogP contribution in [0, 0.1) is 0 Å². The average molecular weight is 298 g/mol. The monoisotopic (exact) mass is 298 g/mol. The molecule has 1 aromatic carbocycles. The Hall–Kier alpha value is -2.14. The first kappa shape index (κ1) is 14.8. The number of aromatic nitrogens is 2. The SMILES string of the molecule is C[C@@H](CN1CCc2ccccc2C1)NC(=O)c1cn(C)cn1. The minimum absolute atomic E-state index is 0.0970. The smallest absolute Gasteiger partial charge is 0.271 e. The van der Waals surface area contributed by atoms with Crippen LogP contribution in [0.15, 0.2) is 36.8 Å². The van der Waals surface area contributed by atoms with Gasteiger partial charge in [-0.05, 0) is 24.5 Å². The summed E-state index contributed by atoms with van der Waals surface area (Å²) in [6.07, 6.45) is 4.46. The lowest BCUT2D eigenvalue weighted by Gasteiger charge is -2.31. The number of imidazole rings is 1. The first-order valence-electron chi connectivity index (χ1n) is 7.70. The van der Waals surface area contributed by atoms with Gasteiger partial charge in [-0.1, -0.05) is 24.3 Å². The zero-order valence-electron chi connectivity index (χ0n) is 13.1. The summed E-state index contributed by atoms with van der Waals surface area (Å²) in [6.45, 7) is 4.90. The number of carbonyl (C=O) groups is 1. The van der Waals surface area contributed by atoms with E-state index >= 15 is 0 Å². The zero-order valence-corrected chi connectivity index (χ0v) is 13.1. The van der Waals surface area contributed by atoms with Gasteiger partial charge < -0.3 is 9.88 Å². The molecule has 1 N–H and O–H groups in total. The van der Waals surface area contributed by atoms with Crippen molar-refractivity contribution in [3.63, 3.8) is 0 Å². The molecule has 1 atom stereocenters. The Morgan fingerprint density at radius 3 is 2.86 bits per heavy atom. The first-order chi connectivity index (χ1) is 10.6. The summed E-state index contributed by atoms with van der Waals surface area (Å²) in [5.74, 6) is -0.106. The van der Waals surface area contributed by atoms with E-state index < -0.39 is 0 Å². The summed E-state index contributed by atoms with van der Waals surface area (Å²) in [4.78, 5) is 18.6. The van der Waals surface area contributed by atoms with Crippen LogP contribution in [-0.2, 0) is 20.0 Å². The summed E-state index contributed by atoms with van der Waals surface area (Å²) in [6, 6.07) is 8.69. The van der Waals surface area contributed by atoms with Gasteiger partial charge in [-0.2, -0.15) is 0 Å². The normalized spacial score (nSPS) is 16.1. The van der Waals surface area contributed by atoms with Crippen LogP contribution in [0.5, 0.6) is 0 Å². The van der Waals surface area contributed by atoms with Crippen LogP contribution in [-0.4, -0.2) is 39.5 Å². The molecule has 1 aliphatic rings. The molecule has 2 aromatic rings. The van der Waals surface area contributed by atoms with Crippen molar-refractivity contribution in [1.82, 2.24) is 19.8 Å². The first-order valence-corrected chi connectivity index (χ1v) is 7.70. The summed E-state index contributed by atoms with van der Waals surface area (Å²) in [7, 11) is 1.86. The van der Waals surface area contributed by atoms with E-state index in [1.54, 1.807) is 17.1 Å². The second kappa shape index (κ2) is 6.32. The highest BCUT2D eigenvalue weighted by atomic mass is 16.2. The van der Waals surface area contributed by atoms with Crippen LogP contribution < -0.4 is 5.32 Å². The molecule has 5 nitrogen and oxygen atoms in total. The van der Waals surface area contributed by atoms with E-state index in [9.17, 15) is 4.79 Å². The minimum Gasteiger partial charge on any atom is -0.347 e. The predicted octanol–water partition coefficient (Wildman–Crippen LogP) is 1.60. The van der Waals surface area contributed by atoms with Crippen LogP contribution in [0.1, 0.15) is 28.5 Å². The van der Waals surface area contributed by atoms with E-state index in [4.69, 9.17) is 0 Å². The summed E-state index contributed by atoms with van der Waals surface area (Å²) >= 11 is 0. The number of hydrogen-bond acceptors (Lipinski definition) is 3. The Kier molecular flexibility index (Phi) is 4.24. The third-order valence-electron chi connectivity index (χ3n) is 4.06. The van der Waals surface area contributed by atoms with Gasteiger partial charge in [-0.25, -0.2) is 4.98 Å². The van der Waals surface area contributed by atoms with Gasteiger partial charge in [0.15, 0.2) is 0 Å². The summed E-state index contributed by atoms with van der Waals surface area (Å²) in [5.41, 5.74) is 3.32. The third kappa shape index (κ3) is 3.36. The molecule has 116 valence electrons. The Bertz CT molecular complexity index is 664. The van der Waals surface area contributed by atoms with Crippen molar-refractivity contribution in [2.75, 3.05) is 13.1 Å². The highest BCUT2D eigenvalue weighted by molar-refractivity contribution is 5.92. The standard InChI is InChI=1S/C17H22N4O/c1-13(19-17(22)16-11-20(2)12-18-16)9-21-8-7-14-5-3-4-6-15(14)10-21/h3-6,11-13H,7-10H2,1-2H3,(H,19,22)/t13-/m0/s1. The Labute approximate surface area is 131 Å². The molecule has 1 aliphatic heterocycles. The van der Waals surface area contributed by atoms with Crippen LogP contribution in [0.4, 0.5) is 0 Å². The van der Waals surface area contributed by atoms with Crippen molar-refractivity contribution >= 4 is 5.91 Å². The van der Waals surface area contributed by atoms with Crippen LogP contribution in [0.3, 0.4) is 0 Å². The number of nitrogens with one attached hydrogen (secondary N) is 1. The van der Waals surface area contributed by atoms with E-state index in [0.29, 0.717) is 5.69 Å². The predicted molar refractivity (Wildman–Crippen MR) is 85.6 cm³/mol. The van der Waals surface area contributed by atoms with E-state index in [1.807, 2.05) is 14.0 Å². The van der Waals surface area contributed by atoms with Gasteiger partial charge in [0.05, 0.1) is 6.33 Å². The van der Waals surface area contributed by atoms with Gasteiger partial charge in [0, 0.05) is 38.9 Å². The van der Waals surface area contributed by atoms with Crippen molar-refractivity contribution < 1.29 is 4.79 Å². The van der Waals surface area contributed by atoms with Gasteiger partial charge in [0.25, 0.3) is 5.91 Å². The molecular weight excluding hydrogens is 276 g/mol. The van der Waals surface area contributed by atoms with Crippen LogP contribution in [0.25, 0.3) is 0 Å². The number of aryl methyl sites for hydroxylation is 1. The molecule has 1 aromatic heterocycles. The van der Waals surface area contributed by atoms with Crippen molar-refractivity contribution in [1.29, 1.82) is 0 Å². The molecule has 22 heavy (non-hydrogen) atoms. The molecule has 0 aliphatic carbocycles. The molecule has 0 bridgehead atoms. The molecule has 0 unspecified atom stereocenters. The Balaban J connectivity index is 1.54. The zero-order chi connectivity index (χ0) is 15.5. The number of benzene rings is 1. The highest BCUT2D eigenvalue weighted by Crippen LogP contribution is 2.18. The lowest BCUT2D eigenvalue weighted by Crippen LogP contribution is -2.43. The Morgan fingerprint density at radius 1 is 1.36 bits per heavy atom. The van der Waals surface area contributed by atoms with Crippen LogP contribution >= 0.6 is 0 Å². The highest BCUT2D eigenvalue weighted by Gasteiger charge is 2.19. The van der Waals surface area contributed by atoms with E-state index in [2.05, 4.69) is 39.5 Å². The van der Waals surface area contributed by atoms with Gasteiger partial charge in [-0.3, -0.25) is 9.69 Å². The molecule has 1 amide bonds. The molecule has 0 spiro atoms. The molecule has 0 fully saturated rings. The molecular formula is C17H22N4O. The second-order valence-electron chi connectivity index (χ2n) is 6.05. The average Bonchev–Trinajstić information content (AvgIpc) is 2.94. The van der Waals surface area contributed by atoms with Crippen molar-refractivity contribution in [2.45, 2.75) is 25.9 Å². The fourth-order valence-electron chi connectivity index (χ4n) is 2.97. The number of amides is 1. The van der Waals surface area contributed by atoms with E-state index in [1.165, 1.54) is 11.1 Å². The summed E-state index contributed by atoms with van der Waals surface area (Å²) in [5, 5.41) is 3.02. The fourth-order valence-corrected chi connectivity index (χ4v) is 2.97. The van der Waals surface area contributed by atoms with E-state index in [0.717, 1.165) is 26.1 Å². The minimum atomic E-state index is -0.106. The lowest BCUT2D eigenvalue weighted by molar-refractivity contribution is 0.0922. The number of hydrogen-bond donors (Lipinski definition) is 1. The van der Waals surface area contributed by atoms with Gasteiger partial charge in [0.2, 0.25) is 0 Å². The van der Waals surface area contributed by atoms with Gasteiger partial charge in [0.1, 0.15) is 5.69 Å². The topological polar surface area (TPSA) is 50.2 Å². The Morgan fingerprint density at radius 2 is 2.14 bits per heavy atom. The lowest BCUT2D eigenvalue weighted by atomic mass is 10.00. The number of fused-ring (bicyclic) bond motifs is 1. The van der Waals surface area contributed by atoms with E-state index in [-0.39, 0.29) is 11.9 Å². The molecule has 0 radical (unpaired) electrons. The van der Waals surface area contributed by atoms with Gasteiger partial charge >= 0.3 is 0 Å². The number of nitrogens with zero attached hydrogens (tertiary/aromatic N) is 3. The molecule has 3 rings (SSSR count). The van der Waals surface area contributed by atoms with Crippen molar-refractivity contribution in [3.8, 4) is 0 Å². The maximum absolute atomic E-state index is 12.1. The maximum Gasteiger partial charge on any atom is 0.271 e. The third-order valence-corrected chi connectivity index (χ3v) is 4.06. The summed E-state index contributed by atoms with van der Waals surface area (Å²) < 4.78 is 1.78. The molecule has 2 heterocycles. The molecule has 5 heteroatoms. The molecule has 0 saturated heterocycles. The number of rotatable bonds is 4. The largest absolute Gasteiger partial charge is 0.347 e. The number of carbonyl (C=O) groups excluding carboxylic acids is 1.